The molecule has 0 unspecified atom stereocenters. The van der Waals surface area contributed by atoms with E-state index in [9.17, 15) is 13.2 Å². The van der Waals surface area contributed by atoms with Crippen LogP contribution in [0.4, 0.5) is 0 Å². The monoisotopic (exact) mass is 437 g/mol. The number of nitrogens with one attached hydrogen (secondary N) is 2. The van der Waals surface area contributed by atoms with Gasteiger partial charge >= 0.3 is 0 Å². The van der Waals surface area contributed by atoms with Crippen LogP contribution in [-0.2, 0) is 21.2 Å². The lowest BCUT2D eigenvalue weighted by molar-refractivity contribution is -0.120. The summed E-state index contributed by atoms with van der Waals surface area (Å²) >= 11 is 7.48. The molecule has 1 amide bonds. The van der Waals surface area contributed by atoms with Crippen LogP contribution in [0.2, 0.25) is 5.02 Å². The minimum Gasteiger partial charge on any atom is -0.356 e. The third kappa shape index (κ3) is 5.75. The fourth-order valence-electron chi connectivity index (χ4n) is 2.60. The van der Waals surface area contributed by atoms with Crippen molar-refractivity contribution < 1.29 is 13.2 Å². The molecular formula is C19H20ClN3O3S2. The van der Waals surface area contributed by atoms with Gasteiger partial charge < -0.3 is 5.32 Å². The quantitative estimate of drug-likeness (QED) is 0.502. The predicted octanol–water partition coefficient (Wildman–Crippen LogP) is 3.37. The highest BCUT2D eigenvalue weighted by molar-refractivity contribution is 7.89. The summed E-state index contributed by atoms with van der Waals surface area (Å²) in [6.07, 6.45) is 1.64. The van der Waals surface area contributed by atoms with Crippen molar-refractivity contribution in [3.63, 3.8) is 0 Å². The molecule has 0 bridgehead atoms. The van der Waals surface area contributed by atoms with Crippen LogP contribution in [0.25, 0.3) is 10.2 Å². The highest BCUT2D eigenvalue weighted by Crippen LogP contribution is 2.22. The molecule has 2 N–H and O–H groups in total. The van der Waals surface area contributed by atoms with E-state index in [1.807, 2.05) is 24.3 Å². The molecule has 0 radical (unpaired) electrons. The molecule has 0 aliphatic heterocycles. The summed E-state index contributed by atoms with van der Waals surface area (Å²) in [6, 6.07) is 14.0. The smallest absolute Gasteiger partial charge is 0.240 e. The average molecular weight is 438 g/mol. The van der Waals surface area contributed by atoms with E-state index in [0.29, 0.717) is 11.6 Å². The summed E-state index contributed by atoms with van der Waals surface area (Å²) in [5, 5.41) is 4.19. The van der Waals surface area contributed by atoms with Gasteiger partial charge in [-0.3, -0.25) is 4.79 Å². The summed E-state index contributed by atoms with van der Waals surface area (Å²) in [6.45, 7) is 0.550. The fraction of sp³-hybridized carbons (Fsp3) is 0.263. The second-order valence-electron chi connectivity index (χ2n) is 6.13. The molecule has 0 aliphatic carbocycles. The molecule has 3 rings (SSSR count). The van der Waals surface area contributed by atoms with E-state index in [0.717, 1.165) is 28.1 Å². The SMILES string of the molecule is O=C(CCNS(=O)(=O)c1cccc(Cl)c1)NCCCc1nc2ccccc2s1. The second-order valence-corrected chi connectivity index (χ2v) is 9.45. The number of aryl methyl sites for hydroxylation is 1. The number of carbonyl (C=O) groups excluding carboxylic acids is 1. The zero-order valence-corrected chi connectivity index (χ0v) is 17.4. The molecule has 0 spiro atoms. The van der Waals surface area contributed by atoms with Gasteiger partial charge in [0.25, 0.3) is 0 Å². The van der Waals surface area contributed by atoms with Crippen molar-refractivity contribution in [2.75, 3.05) is 13.1 Å². The third-order valence-corrected chi connectivity index (χ3v) is 6.77. The molecule has 0 saturated carbocycles. The number of thiazole rings is 1. The van der Waals surface area contributed by atoms with Crippen molar-refractivity contribution in [2.24, 2.45) is 0 Å². The van der Waals surface area contributed by atoms with E-state index in [4.69, 9.17) is 11.6 Å². The standard InChI is InChI=1S/C19H20ClN3O3S2/c20-14-5-3-6-15(13-14)28(25,26)22-12-10-18(24)21-11-4-9-19-23-16-7-1-2-8-17(16)27-19/h1-3,5-8,13,22H,4,9-12H2,(H,21,24). The first-order valence-electron chi connectivity index (χ1n) is 8.80. The van der Waals surface area contributed by atoms with Crippen molar-refractivity contribution >= 4 is 49.1 Å². The van der Waals surface area contributed by atoms with Gasteiger partial charge in [-0.2, -0.15) is 0 Å². The number of fused-ring (bicyclic) bond motifs is 1. The number of carbonyl (C=O) groups is 1. The predicted molar refractivity (Wildman–Crippen MR) is 112 cm³/mol. The Kier molecular flexibility index (Phi) is 7.01. The number of amides is 1. The van der Waals surface area contributed by atoms with Crippen LogP contribution in [0.3, 0.4) is 0 Å². The molecule has 3 aromatic rings. The van der Waals surface area contributed by atoms with E-state index in [1.54, 1.807) is 23.5 Å². The molecule has 0 saturated heterocycles. The van der Waals surface area contributed by atoms with Crippen LogP contribution >= 0.6 is 22.9 Å². The Hall–Kier alpha value is -2.00. The van der Waals surface area contributed by atoms with E-state index in [2.05, 4.69) is 15.0 Å². The van der Waals surface area contributed by atoms with Crippen LogP contribution in [-0.4, -0.2) is 32.4 Å². The number of benzene rings is 2. The van der Waals surface area contributed by atoms with Crippen LogP contribution in [0.5, 0.6) is 0 Å². The Morgan fingerprint density at radius 1 is 1.11 bits per heavy atom. The highest BCUT2D eigenvalue weighted by atomic mass is 35.5. The second kappa shape index (κ2) is 9.47. The van der Waals surface area contributed by atoms with Crippen LogP contribution in [0.15, 0.2) is 53.4 Å². The Bertz CT molecular complexity index is 1030. The lowest BCUT2D eigenvalue weighted by Gasteiger charge is -2.07. The molecule has 2 aromatic carbocycles. The minimum absolute atomic E-state index is 0.0263. The Labute approximate surface area is 173 Å². The third-order valence-electron chi connectivity index (χ3n) is 3.98. The fourth-order valence-corrected chi connectivity index (χ4v) is 4.94. The molecular weight excluding hydrogens is 418 g/mol. The van der Waals surface area contributed by atoms with E-state index in [1.165, 1.54) is 12.1 Å². The molecule has 0 fully saturated rings. The van der Waals surface area contributed by atoms with Gasteiger partial charge in [-0.15, -0.1) is 11.3 Å². The van der Waals surface area contributed by atoms with Gasteiger partial charge in [0.05, 0.1) is 20.1 Å². The number of para-hydroxylation sites is 1. The van der Waals surface area contributed by atoms with Gasteiger partial charge in [0, 0.05) is 31.0 Å². The van der Waals surface area contributed by atoms with Crippen molar-refractivity contribution in [3.05, 3.63) is 58.6 Å². The summed E-state index contributed by atoms with van der Waals surface area (Å²) in [4.78, 5) is 16.5. The maximum Gasteiger partial charge on any atom is 0.240 e. The Balaban J connectivity index is 1.36. The summed E-state index contributed by atoms with van der Waals surface area (Å²) in [5.74, 6) is -0.196. The largest absolute Gasteiger partial charge is 0.356 e. The molecule has 148 valence electrons. The first kappa shape index (κ1) is 20.7. The number of hydrogen-bond donors (Lipinski definition) is 2. The minimum atomic E-state index is -3.67. The van der Waals surface area contributed by atoms with Crippen LogP contribution in [0.1, 0.15) is 17.8 Å². The normalized spacial score (nSPS) is 11.6. The maximum atomic E-state index is 12.1. The lowest BCUT2D eigenvalue weighted by Crippen LogP contribution is -2.31. The molecule has 1 heterocycles. The van der Waals surface area contributed by atoms with Gasteiger partial charge in [-0.1, -0.05) is 29.8 Å². The Morgan fingerprint density at radius 2 is 1.93 bits per heavy atom. The topological polar surface area (TPSA) is 88.2 Å². The van der Waals surface area contributed by atoms with Crippen LogP contribution < -0.4 is 10.0 Å². The van der Waals surface area contributed by atoms with Gasteiger partial charge in [0.15, 0.2) is 0 Å². The number of nitrogens with zero attached hydrogens (tertiary/aromatic N) is 1. The van der Waals surface area contributed by atoms with E-state index < -0.39 is 10.0 Å². The summed E-state index contributed by atoms with van der Waals surface area (Å²) in [7, 11) is -3.67. The van der Waals surface area contributed by atoms with Crippen molar-refractivity contribution in [2.45, 2.75) is 24.2 Å². The first-order chi connectivity index (χ1) is 13.4. The average Bonchev–Trinajstić information content (AvgIpc) is 3.08. The molecule has 6 nitrogen and oxygen atoms in total. The molecule has 28 heavy (non-hydrogen) atoms. The van der Waals surface area contributed by atoms with Gasteiger partial charge in [-0.25, -0.2) is 18.1 Å². The first-order valence-corrected chi connectivity index (χ1v) is 11.5. The molecule has 0 aliphatic rings. The highest BCUT2D eigenvalue weighted by Gasteiger charge is 2.14. The van der Waals surface area contributed by atoms with Gasteiger partial charge in [0.1, 0.15) is 0 Å². The van der Waals surface area contributed by atoms with Gasteiger partial charge in [-0.05, 0) is 36.8 Å². The van der Waals surface area contributed by atoms with Crippen molar-refractivity contribution in [1.29, 1.82) is 0 Å². The maximum absolute atomic E-state index is 12.1. The summed E-state index contributed by atoms with van der Waals surface area (Å²) in [5.41, 5.74) is 0.999. The molecule has 1 aromatic heterocycles. The van der Waals surface area contributed by atoms with Crippen LogP contribution in [0, 0.1) is 0 Å². The van der Waals surface area contributed by atoms with E-state index >= 15 is 0 Å². The van der Waals surface area contributed by atoms with Crippen molar-refractivity contribution in [3.8, 4) is 0 Å². The zero-order chi connectivity index (χ0) is 20.0. The van der Waals surface area contributed by atoms with Crippen molar-refractivity contribution in [1.82, 2.24) is 15.0 Å². The molecule has 9 heteroatoms. The lowest BCUT2D eigenvalue weighted by atomic mass is 10.3. The molecule has 0 atom stereocenters. The number of hydrogen-bond acceptors (Lipinski definition) is 5. The Morgan fingerprint density at radius 3 is 2.71 bits per heavy atom. The number of rotatable bonds is 9. The number of aromatic nitrogens is 1. The van der Waals surface area contributed by atoms with Gasteiger partial charge in [0.2, 0.25) is 15.9 Å². The number of halogens is 1. The zero-order valence-electron chi connectivity index (χ0n) is 15.0. The van der Waals surface area contributed by atoms with E-state index in [-0.39, 0.29) is 23.8 Å². The number of sulfonamides is 1. The summed E-state index contributed by atoms with van der Waals surface area (Å²) < 4.78 is 27.9.